The van der Waals surface area contributed by atoms with E-state index in [1.807, 2.05) is 0 Å². The second-order valence-corrected chi connectivity index (χ2v) is 6.41. The molecule has 0 atom stereocenters. The molecule has 5 heteroatoms. The average Bonchev–Trinajstić information content (AvgIpc) is 2.91. The number of rotatable bonds is 3. The largest absolute Gasteiger partial charge is 0.374 e. The van der Waals surface area contributed by atoms with Crippen molar-refractivity contribution in [1.82, 2.24) is 15.2 Å². The van der Waals surface area contributed by atoms with Gasteiger partial charge in [0.05, 0.1) is 5.52 Å². The van der Waals surface area contributed by atoms with Crippen LogP contribution in [-0.4, -0.2) is 15.2 Å². The number of pyridine rings is 1. The van der Waals surface area contributed by atoms with Gasteiger partial charge in [0.2, 0.25) is 5.13 Å². The highest BCUT2D eigenvalue weighted by atomic mass is 32.1. The molecule has 0 spiro atoms. The predicted molar refractivity (Wildman–Crippen MR) is 88.5 cm³/mol. The molecule has 0 fully saturated rings. The van der Waals surface area contributed by atoms with Crippen molar-refractivity contribution < 1.29 is 0 Å². The van der Waals surface area contributed by atoms with Crippen LogP contribution in [0.2, 0.25) is 0 Å². The predicted octanol–water partition coefficient (Wildman–Crippen LogP) is 4.02. The maximum atomic E-state index is 5.74. The van der Waals surface area contributed by atoms with Gasteiger partial charge in [0, 0.05) is 16.6 Å². The molecule has 2 aromatic heterocycles. The van der Waals surface area contributed by atoms with E-state index >= 15 is 0 Å². The summed E-state index contributed by atoms with van der Waals surface area (Å²) in [6.45, 7) is 6.44. The lowest BCUT2D eigenvalue weighted by atomic mass is 10.0. The van der Waals surface area contributed by atoms with E-state index in [0.29, 0.717) is 11.0 Å². The van der Waals surface area contributed by atoms with Crippen LogP contribution in [0.15, 0.2) is 24.3 Å². The molecule has 0 saturated carbocycles. The van der Waals surface area contributed by atoms with E-state index in [-0.39, 0.29) is 0 Å². The molecule has 0 radical (unpaired) electrons. The Hall–Kier alpha value is -2.01. The van der Waals surface area contributed by atoms with Crippen LogP contribution in [-0.2, 0) is 6.42 Å². The lowest BCUT2D eigenvalue weighted by molar-refractivity contribution is 0.830. The number of benzene rings is 1. The molecule has 3 aromatic rings. The normalized spacial score (nSPS) is 11.4. The van der Waals surface area contributed by atoms with Gasteiger partial charge < -0.3 is 5.73 Å². The molecule has 3 rings (SSSR count). The maximum absolute atomic E-state index is 5.74. The maximum Gasteiger partial charge on any atom is 0.203 e. The Kier molecular flexibility index (Phi) is 3.59. The van der Waals surface area contributed by atoms with Gasteiger partial charge in [-0.1, -0.05) is 38.2 Å². The first-order valence-corrected chi connectivity index (χ1v) is 7.93. The summed E-state index contributed by atoms with van der Waals surface area (Å²) in [7, 11) is 0. The van der Waals surface area contributed by atoms with Gasteiger partial charge in [-0.15, -0.1) is 10.2 Å². The number of nitrogens with two attached hydrogens (primary N) is 1. The minimum atomic E-state index is 0.365. The molecule has 21 heavy (non-hydrogen) atoms. The van der Waals surface area contributed by atoms with Crippen molar-refractivity contribution in [2.75, 3.05) is 5.73 Å². The van der Waals surface area contributed by atoms with E-state index in [1.54, 1.807) is 0 Å². The van der Waals surface area contributed by atoms with Crippen LogP contribution in [0.3, 0.4) is 0 Å². The van der Waals surface area contributed by atoms with Crippen molar-refractivity contribution in [3.63, 3.8) is 0 Å². The first kappa shape index (κ1) is 13.9. The fourth-order valence-corrected chi connectivity index (χ4v) is 2.97. The molecule has 0 aliphatic heterocycles. The van der Waals surface area contributed by atoms with Gasteiger partial charge in [-0.3, -0.25) is 4.98 Å². The van der Waals surface area contributed by atoms with Gasteiger partial charge in [-0.05, 0) is 36.1 Å². The highest BCUT2D eigenvalue weighted by molar-refractivity contribution is 7.18. The SMILES string of the molecule is CCc1ccc2nc(C(C)C)cc(-c3nnc(N)s3)c2c1. The molecule has 0 aliphatic carbocycles. The molecular formula is C16H18N4S. The summed E-state index contributed by atoms with van der Waals surface area (Å²) in [6, 6.07) is 8.54. The van der Waals surface area contributed by atoms with Crippen LogP contribution < -0.4 is 5.73 Å². The fraction of sp³-hybridized carbons (Fsp3) is 0.312. The Bertz CT molecular complexity index is 792. The molecule has 0 saturated heterocycles. The van der Waals surface area contributed by atoms with Gasteiger partial charge in [0.15, 0.2) is 0 Å². The van der Waals surface area contributed by atoms with E-state index in [1.165, 1.54) is 16.9 Å². The van der Waals surface area contributed by atoms with Crippen molar-refractivity contribution in [1.29, 1.82) is 0 Å². The zero-order valence-electron chi connectivity index (χ0n) is 12.4. The van der Waals surface area contributed by atoms with Gasteiger partial charge >= 0.3 is 0 Å². The van der Waals surface area contributed by atoms with Gasteiger partial charge in [0.1, 0.15) is 5.01 Å². The smallest absolute Gasteiger partial charge is 0.203 e. The van der Waals surface area contributed by atoms with Crippen LogP contribution in [0.4, 0.5) is 5.13 Å². The molecule has 1 aromatic carbocycles. The molecular weight excluding hydrogens is 280 g/mol. The van der Waals surface area contributed by atoms with Crippen LogP contribution in [0.5, 0.6) is 0 Å². The average molecular weight is 298 g/mol. The van der Waals surface area contributed by atoms with E-state index in [9.17, 15) is 0 Å². The monoisotopic (exact) mass is 298 g/mol. The molecule has 2 heterocycles. The summed E-state index contributed by atoms with van der Waals surface area (Å²) in [4.78, 5) is 4.77. The Labute approximate surface area is 128 Å². The third kappa shape index (κ3) is 2.61. The number of fused-ring (bicyclic) bond motifs is 1. The second kappa shape index (κ2) is 5.41. The summed E-state index contributed by atoms with van der Waals surface area (Å²) < 4.78 is 0. The Morgan fingerprint density at radius 3 is 2.62 bits per heavy atom. The van der Waals surface area contributed by atoms with Crippen molar-refractivity contribution >= 4 is 27.4 Å². The van der Waals surface area contributed by atoms with Crippen LogP contribution in [0.1, 0.15) is 37.9 Å². The highest BCUT2D eigenvalue weighted by Crippen LogP contribution is 2.33. The fourth-order valence-electron chi connectivity index (χ4n) is 2.33. The number of aromatic nitrogens is 3. The van der Waals surface area contributed by atoms with E-state index < -0.39 is 0 Å². The van der Waals surface area contributed by atoms with Crippen LogP contribution in [0, 0.1) is 0 Å². The van der Waals surface area contributed by atoms with E-state index in [0.717, 1.165) is 33.6 Å². The number of nitrogen functional groups attached to an aromatic ring is 1. The minimum Gasteiger partial charge on any atom is -0.374 e. The van der Waals surface area contributed by atoms with Crippen molar-refractivity contribution in [2.24, 2.45) is 0 Å². The standard InChI is InChI=1S/C16H18N4S/c1-4-10-5-6-13-11(7-10)12(8-14(18-13)9(2)3)15-19-20-16(17)21-15/h5-9H,4H2,1-3H3,(H2,17,20). The summed E-state index contributed by atoms with van der Waals surface area (Å²) in [5.74, 6) is 0.365. The molecule has 0 aliphatic rings. The Balaban J connectivity index is 2.32. The van der Waals surface area contributed by atoms with E-state index in [4.69, 9.17) is 10.7 Å². The lowest BCUT2D eigenvalue weighted by Crippen LogP contribution is -1.96. The van der Waals surface area contributed by atoms with Crippen molar-refractivity contribution in [3.05, 3.63) is 35.5 Å². The van der Waals surface area contributed by atoms with Gasteiger partial charge in [-0.25, -0.2) is 0 Å². The summed E-state index contributed by atoms with van der Waals surface area (Å²) in [5, 5.41) is 10.6. The topological polar surface area (TPSA) is 64.7 Å². The van der Waals surface area contributed by atoms with Gasteiger partial charge in [-0.2, -0.15) is 0 Å². The minimum absolute atomic E-state index is 0.365. The summed E-state index contributed by atoms with van der Waals surface area (Å²) in [5.41, 5.74) is 10.2. The first-order valence-electron chi connectivity index (χ1n) is 7.11. The summed E-state index contributed by atoms with van der Waals surface area (Å²) in [6.07, 6.45) is 1.000. The Morgan fingerprint density at radius 2 is 2.00 bits per heavy atom. The third-order valence-corrected chi connectivity index (χ3v) is 4.35. The molecule has 108 valence electrons. The summed E-state index contributed by atoms with van der Waals surface area (Å²) >= 11 is 1.42. The zero-order chi connectivity index (χ0) is 15.0. The third-order valence-electron chi connectivity index (χ3n) is 3.56. The number of hydrogen-bond acceptors (Lipinski definition) is 5. The van der Waals surface area contributed by atoms with Crippen LogP contribution >= 0.6 is 11.3 Å². The van der Waals surface area contributed by atoms with Crippen molar-refractivity contribution in [2.45, 2.75) is 33.1 Å². The van der Waals surface area contributed by atoms with Crippen LogP contribution in [0.25, 0.3) is 21.5 Å². The van der Waals surface area contributed by atoms with Crippen molar-refractivity contribution in [3.8, 4) is 10.6 Å². The van der Waals surface area contributed by atoms with Gasteiger partial charge in [0.25, 0.3) is 0 Å². The molecule has 0 bridgehead atoms. The molecule has 4 nitrogen and oxygen atoms in total. The number of anilines is 1. The Morgan fingerprint density at radius 1 is 1.19 bits per heavy atom. The second-order valence-electron chi connectivity index (χ2n) is 5.40. The first-order chi connectivity index (χ1) is 10.1. The molecule has 0 amide bonds. The zero-order valence-corrected chi connectivity index (χ0v) is 13.2. The highest BCUT2D eigenvalue weighted by Gasteiger charge is 2.14. The molecule has 2 N–H and O–H groups in total. The quantitative estimate of drug-likeness (QED) is 0.793. The van der Waals surface area contributed by atoms with E-state index in [2.05, 4.69) is 55.2 Å². The number of aryl methyl sites for hydroxylation is 1. The number of nitrogens with zero attached hydrogens (tertiary/aromatic N) is 3. The number of hydrogen-bond donors (Lipinski definition) is 1. The lowest BCUT2D eigenvalue weighted by Gasteiger charge is -2.11. The molecule has 0 unspecified atom stereocenters.